The Morgan fingerprint density at radius 1 is 1.38 bits per heavy atom. The van der Waals surface area contributed by atoms with Crippen molar-refractivity contribution in [3.05, 3.63) is 35.1 Å². The normalized spacial score (nSPS) is 10.1. The lowest BCUT2D eigenvalue weighted by atomic mass is 10.0. The Kier molecular flexibility index (Phi) is 7.49. The Morgan fingerprint density at radius 2 is 2.10 bits per heavy atom. The minimum Gasteiger partial charge on any atom is -0.395 e. The van der Waals surface area contributed by atoms with Crippen molar-refractivity contribution in [3.63, 3.8) is 0 Å². The number of nitrogens with one attached hydrogen (secondary N) is 1. The number of hydrogen-bond acceptors (Lipinski definition) is 2. The van der Waals surface area contributed by atoms with Gasteiger partial charge in [-0.25, -0.2) is 4.39 Å². The summed E-state index contributed by atoms with van der Waals surface area (Å²) < 4.78 is 13.7. The van der Waals surface area contributed by atoms with Crippen LogP contribution in [0.4, 0.5) is 4.39 Å². The third-order valence-corrected chi connectivity index (χ3v) is 3.32. The van der Waals surface area contributed by atoms with Crippen molar-refractivity contribution in [2.45, 2.75) is 39.7 Å². The molecule has 0 bridgehead atoms. The molecular weight excluding hydrogens is 269 g/mol. The van der Waals surface area contributed by atoms with Crippen LogP contribution < -0.4 is 5.32 Å². The van der Waals surface area contributed by atoms with E-state index in [1.54, 1.807) is 12.1 Å². The molecule has 1 rings (SSSR count). The molecule has 0 spiro atoms. The molecule has 1 amide bonds. The molecule has 1 aromatic rings. The van der Waals surface area contributed by atoms with Crippen molar-refractivity contribution >= 4 is 5.91 Å². The van der Waals surface area contributed by atoms with E-state index in [0.717, 1.165) is 12.8 Å². The summed E-state index contributed by atoms with van der Waals surface area (Å²) >= 11 is 0. The van der Waals surface area contributed by atoms with Gasteiger partial charge in [-0.2, -0.15) is 0 Å². The number of amides is 1. The average molecular weight is 291 g/mol. The molecule has 0 saturated heterocycles. The number of halogens is 1. The van der Waals surface area contributed by atoms with Gasteiger partial charge in [-0.05, 0) is 31.0 Å². The maximum absolute atomic E-state index is 13.7. The molecular formula is C17H22FNO2. The number of benzene rings is 1. The first kappa shape index (κ1) is 17.2. The number of carbonyl (C=O) groups excluding carboxylic acids is 1. The monoisotopic (exact) mass is 291 g/mol. The Balaban J connectivity index is 2.72. The lowest BCUT2D eigenvalue weighted by molar-refractivity contribution is -0.125. The predicted molar refractivity (Wildman–Crippen MR) is 80.9 cm³/mol. The van der Waals surface area contributed by atoms with E-state index in [1.165, 1.54) is 6.07 Å². The molecule has 2 N–H and O–H groups in total. The van der Waals surface area contributed by atoms with Crippen LogP contribution in [0.1, 0.15) is 44.2 Å². The van der Waals surface area contributed by atoms with E-state index < -0.39 is 0 Å². The zero-order chi connectivity index (χ0) is 15.7. The molecule has 1 aromatic carbocycles. The van der Waals surface area contributed by atoms with Gasteiger partial charge >= 0.3 is 0 Å². The first-order valence-corrected chi connectivity index (χ1v) is 7.28. The highest BCUT2D eigenvalue weighted by molar-refractivity contribution is 5.78. The number of aliphatic hydroxyl groups is 1. The van der Waals surface area contributed by atoms with Crippen molar-refractivity contribution in [2.24, 2.45) is 5.92 Å². The van der Waals surface area contributed by atoms with E-state index in [4.69, 9.17) is 5.11 Å². The molecule has 3 nitrogen and oxygen atoms in total. The first-order valence-electron chi connectivity index (χ1n) is 7.28. The van der Waals surface area contributed by atoms with Gasteiger partial charge in [-0.1, -0.05) is 25.7 Å². The van der Waals surface area contributed by atoms with Crippen LogP contribution >= 0.6 is 0 Å². The van der Waals surface area contributed by atoms with E-state index >= 15 is 0 Å². The molecule has 21 heavy (non-hydrogen) atoms. The van der Waals surface area contributed by atoms with Crippen LogP contribution in [0.3, 0.4) is 0 Å². The molecule has 0 saturated carbocycles. The van der Waals surface area contributed by atoms with E-state index in [2.05, 4.69) is 17.2 Å². The summed E-state index contributed by atoms with van der Waals surface area (Å²) in [5.74, 6) is 5.22. The Bertz CT molecular complexity index is 527. The van der Waals surface area contributed by atoms with Gasteiger partial charge in [-0.15, -0.1) is 0 Å². The highest BCUT2D eigenvalue weighted by Crippen LogP contribution is 2.12. The quantitative estimate of drug-likeness (QED) is 0.792. The predicted octanol–water partition coefficient (Wildman–Crippen LogP) is 2.61. The minimum atomic E-state index is -0.354. The topological polar surface area (TPSA) is 49.3 Å². The maximum atomic E-state index is 13.7. The fourth-order valence-electron chi connectivity index (χ4n) is 1.99. The molecule has 0 radical (unpaired) electrons. The third kappa shape index (κ3) is 5.57. The van der Waals surface area contributed by atoms with Crippen LogP contribution in [0.5, 0.6) is 0 Å². The molecule has 0 fully saturated rings. The Morgan fingerprint density at radius 3 is 2.71 bits per heavy atom. The van der Waals surface area contributed by atoms with Gasteiger partial charge in [0.25, 0.3) is 0 Å². The third-order valence-electron chi connectivity index (χ3n) is 3.32. The zero-order valence-electron chi connectivity index (χ0n) is 12.6. The van der Waals surface area contributed by atoms with Crippen molar-refractivity contribution < 1.29 is 14.3 Å². The van der Waals surface area contributed by atoms with E-state index in [-0.39, 0.29) is 30.8 Å². The van der Waals surface area contributed by atoms with Crippen molar-refractivity contribution in [1.29, 1.82) is 0 Å². The van der Waals surface area contributed by atoms with Crippen LogP contribution in [-0.2, 0) is 11.3 Å². The van der Waals surface area contributed by atoms with E-state index in [9.17, 15) is 9.18 Å². The maximum Gasteiger partial charge on any atom is 0.223 e. The summed E-state index contributed by atoms with van der Waals surface area (Å²) in [5, 5.41) is 11.4. The number of aliphatic hydroxyl groups excluding tert-OH is 1. The molecule has 0 atom stereocenters. The van der Waals surface area contributed by atoms with Gasteiger partial charge in [0.15, 0.2) is 0 Å². The number of rotatable bonds is 6. The van der Waals surface area contributed by atoms with Gasteiger partial charge in [0.05, 0.1) is 6.61 Å². The standard InChI is InChI=1S/C17H22FNO2/c1-3-14(4-2)17(21)19-12-15-11-13(7-5-6-10-20)8-9-16(15)18/h8-9,11,14,20H,3-4,6,10,12H2,1-2H3,(H,19,21). The summed E-state index contributed by atoms with van der Waals surface area (Å²) in [7, 11) is 0. The number of hydrogen-bond donors (Lipinski definition) is 2. The zero-order valence-corrected chi connectivity index (χ0v) is 12.6. The summed E-state index contributed by atoms with van der Waals surface area (Å²) in [6.45, 7) is 4.10. The molecule has 114 valence electrons. The smallest absolute Gasteiger partial charge is 0.223 e. The second-order valence-electron chi connectivity index (χ2n) is 4.81. The van der Waals surface area contributed by atoms with Crippen molar-refractivity contribution in [2.75, 3.05) is 6.61 Å². The molecule has 0 aliphatic heterocycles. The summed E-state index contributed by atoms with van der Waals surface area (Å²) in [6.07, 6.45) is 1.94. The average Bonchev–Trinajstić information content (AvgIpc) is 2.49. The van der Waals surface area contributed by atoms with E-state index in [1.807, 2.05) is 13.8 Å². The highest BCUT2D eigenvalue weighted by atomic mass is 19.1. The van der Waals surface area contributed by atoms with Gasteiger partial charge in [0, 0.05) is 30.0 Å². The Labute approximate surface area is 125 Å². The fraction of sp³-hybridized carbons (Fsp3) is 0.471. The molecule has 0 aromatic heterocycles. The van der Waals surface area contributed by atoms with Crippen LogP contribution in [0.2, 0.25) is 0 Å². The molecule has 4 heteroatoms. The minimum absolute atomic E-state index is 0.00648. The van der Waals surface area contributed by atoms with Crippen LogP contribution in [0.25, 0.3) is 0 Å². The van der Waals surface area contributed by atoms with Gasteiger partial charge in [0.1, 0.15) is 5.82 Å². The highest BCUT2D eigenvalue weighted by Gasteiger charge is 2.14. The summed E-state index contributed by atoms with van der Waals surface area (Å²) in [5.41, 5.74) is 1.10. The molecule has 0 aliphatic carbocycles. The van der Waals surface area contributed by atoms with Crippen molar-refractivity contribution in [1.82, 2.24) is 5.32 Å². The second-order valence-corrected chi connectivity index (χ2v) is 4.81. The number of carbonyl (C=O) groups is 1. The lowest BCUT2D eigenvalue weighted by Crippen LogP contribution is -2.29. The SMILES string of the molecule is CCC(CC)C(=O)NCc1cc(C#CCCO)ccc1F. The first-order chi connectivity index (χ1) is 10.1. The largest absolute Gasteiger partial charge is 0.395 e. The van der Waals surface area contributed by atoms with Crippen LogP contribution in [-0.4, -0.2) is 17.6 Å². The summed E-state index contributed by atoms with van der Waals surface area (Å²) in [4.78, 5) is 11.9. The summed E-state index contributed by atoms with van der Waals surface area (Å²) in [6, 6.07) is 4.57. The lowest BCUT2D eigenvalue weighted by Gasteiger charge is -2.13. The Hall–Kier alpha value is -1.86. The van der Waals surface area contributed by atoms with Crippen LogP contribution in [0, 0.1) is 23.6 Å². The van der Waals surface area contributed by atoms with Gasteiger partial charge < -0.3 is 10.4 Å². The molecule has 0 unspecified atom stereocenters. The van der Waals surface area contributed by atoms with Crippen LogP contribution in [0.15, 0.2) is 18.2 Å². The molecule has 0 heterocycles. The van der Waals surface area contributed by atoms with Gasteiger partial charge in [0.2, 0.25) is 5.91 Å². The van der Waals surface area contributed by atoms with Crippen molar-refractivity contribution in [3.8, 4) is 11.8 Å². The second kappa shape index (κ2) is 9.15. The fourth-order valence-corrected chi connectivity index (χ4v) is 1.99. The molecule has 0 aliphatic rings. The van der Waals surface area contributed by atoms with E-state index in [0.29, 0.717) is 17.5 Å². The van der Waals surface area contributed by atoms with Gasteiger partial charge in [-0.3, -0.25) is 4.79 Å².